The Labute approximate surface area is 206 Å². The summed E-state index contributed by atoms with van der Waals surface area (Å²) >= 11 is 0. The van der Waals surface area contributed by atoms with E-state index in [1.165, 1.54) is 44.8 Å². The Morgan fingerprint density at radius 2 is 0.571 bits per heavy atom. The maximum atomic E-state index is 2.36. The van der Waals surface area contributed by atoms with Gasteiger partial charge in [-0.25, -0.2) is 0 Å². The van der Waals surface area contributed by atoms with Crippen molar-refractivity contribution < 1.29 is 0 Å². The molecule has 6 aromatic rings. The number of nitrogens with zero attached hydrogens (tertiary/aromatic N) is 1. The molecule has 1 heterocycles. The number of rotatable bonds is 5. The smallest absolute Gasteiger partial charge is 0.0535 e. The van der Waals surface area contributed by atoms with Crippen molar-refractivity contribution in [3.8, 4) is 50.5 Å². The molecule has 1 aromatic heterocycles. The fraction of sp³-hybridized carbons (Fsp3) is 0. The van der Waals surface area contributed by atoms with Gasteiger partial charge in [0.25, 0.3) is 0 Å². The average Bonchev–Trinajstić information content (AvgIpc) is 3.40. The summed E-state index contributed by atoms with van der Waals surface area (Å²) in [5.74, 6) is 0. The van der Waals surface area contributed by atoms with E-state index >= 15 is 0 Å². The molecule has 5 aromatic carbocycles. The van der Waals surface area contributed by atoms with Crippen LogP contribution in [0.3, 0.4) is 0 Å². The Balaban J connectivity index is 1.42. The Morgan fingerprint density at radius 1 is 0.257 bits per heavy atom. The molecule has 0 aliphatic rings. The monoisotopic (exact) mass is 447 g/mol. The normalized spacial score (nSPS) is 10.9. The second kappa shape index (κ2) is 9.32. The zero-order valence-electron chi connectivity index (χ0n) is 19.4. The van der Waals surface area contributed by atoms with E-state index in [0.717, 1.165) is 5.69 Å². The lowest BCUT2D eigenvalue weighted by atomic mass is 10.0. The zero-order chi connectivity index (χ0) is 23.5. The van der Waals surface area contributed by atoms with Gasteiger partial charge in [0.15, 0.2) is 0 Å². The molecule has 166 valence electrons. The van der Waals surface area contributed by atoms with Gasteiger partial charge < -0.3 is 4.57 Å². The van der Waals surface area contributed by atoms with Gasteiger partial charge in [-0.1, -0.05) is 127 Å². The lowest BCUT2D eigenvalue weighted by Crippen LogP contribution is -1.99. The minimum Gasteiger partial charge on any atom is -0.309 e. The first-order valence-corrected chi connectivity index (χ1v) is 12.0. The molecule has 35 heavy (non-hydrogen) atoms. The van der Waals surface area contributed by atoms with E-state index in [1.54, 1.807) is 0 Å². The molecule has 1 nitrogen and oxygen atoms in total. The van der Waals surface area contributed by atoms with Crippen LogP contribution >= 0.6 is 0 Å². The second-order valence-electron chi connectivity index (χ2n) is 8.66. The van der Waals surface area contributed by atoms with Crippen LogP contribution in [0.5, 0.6) is 0 Å². The van der Waals surface area contributed by atoms with Crippen molar-refractivity contribution >= 4 is 0 Å². The van der Waals surface area contributed by atoms with Crippen molar-refractivity contribution in [2.45, 2.75) is 0 Å². The van der Waals surface area contributed by atoms with Crippen LogP contribution in [-0.2, 0) is 0 Å². The molecule has 0 saturated carbocycles. The molecule has 0 bridgehead atoms. The molecular formula is C34H25N. The summed E-state index contributed by atoms with van der Waals surface area (Å²) in [7, 11) is 0. The lowest BCUT2D eigenvalue weighted by molar-refractivity contribution is 1.09. The molecule has 0 saturated heterocycles. The van der Waals surface area contributed by atoms with Crippen molar-refractivity contribution in [3.05, 3.63) is 152 Å². The maximum absolute atomic E-state index is 2.36. The molecule has 0 N–H and O–H groups in total. The predicted octanol–water partition coefficient (Wildman–Crippen LogP) is 9.15. The minimum atomic E-state index is 1.15. The van der Waals surface area contributed by atoms with Crippen LogP contribution < -0.4 is 0 Å². The van der Waals surface area contributed by atoms with E-state index < -0.39 is 0 Å². The topological polar surface area (TPSA) is 4.93 Å². The summed E-state index contributed by atoms with van der Waals surface area (Å²) in [5.41, 5.74) is 10.8. The van der Waals surface area contributed by atoms with Crippen molar-refractivity contribution in [2.24, 2.45) is 0 Å². The summed E-state index contributed by atoms with van der Waals surface area (Å²) in [6.45, 7) is 0. The van der Waals surface area contributed by atoms with Gasteiger partial charge in [0.2, 0.25) is 0 Å². The highest BCUT2D eigenvalue weighted by molar-refractivity contribution is 5.76. The van der Waals surface area contributed by atoms with E-state index in [-0.39, 0.29) is 0 Å². The first-order chi connectivity index (χ1) is 17.4. The third-order valence-corrected chi connectivity index (χ3v) is 6.47. The summed E-state index contributed by atoms with van der Waals surface area (Å²) in [6, 6.07) is 53.8. The number of para-hydroxylation sites is 1. The number of aromatic nitrogens is 1. The van der Waals surface area contributed by atoms with Crippen molar-refractivity contribution in [2.75, 3.05) is 0 Å². The third-order valence-electron chi connectivity index (χ3n) is 6.47. The van der Waals surface area contributed by atoms with Crippen molar-refractivity contribution in [3.63, 3.8) is 0 Å². The summed E-state index contributed by atoms with van der Waals surface area (Å²) in [6.07, 6.45) is 0. The Hall–Kier alpha value is -4.62. The largest absolute Gasteiger partial charge is 0.309 e. The molecule has 0 aliphatic heterocycles. The molecule has 0 fully saturated rings. The summed E-state index contributed by atoms with van der Waals surface area (Å²) < 4.78 is 2.36. The molecule has 0 unspecified atom stereocenters. The molecule has 1 heteroatoms. The highest BCUT2D eigenvalue weighted by Gasteiger charge is 2.14. The number of hydrogen-bond donors (Lipinski definition) is 0. The van der Waals surface area contributed by atoms with Gasteiger partial charge in [0.05, 0.1) is 11.4 Å². The number of benzene rings is 5. The molecular weight excluding hydrogens is 422 g/mol. The molecule has 0 amide bonds. The quantitative estimate of drug-likeness (QED) is 0.248. The third kappa shape index (κ3) is 4.20. The van der Waals surface area contributed by atoms with Gasteiger partial charge >= 0.3 is 0 Å². The number of hydrogen-bond acceptors (Lipinski definition) is 0. The van der Waals surface area contributed by atoms with E-state index in [4.69, 9.17) is 0 Å². The first-order valence-electron chi connectivity index (χ1n) is 12.0. The van der Waals surface area contributed by atoms with Crippen LogP contribution in [0.25, 0.3) is 50.5 Å². The van der Waals surface area contributed by atoms with Crippen molar-refractivity contribution in [1.82, 2.24) is 4.57 Å². The van der Waals surface area contributed by atoms with E-state index in [9.17, 15) is 0 Å². The predicted molar refractivity (Wildman–Crippen MR) is 148 cm³/mol. The van der Waals surface area contributed by atoms with Gasteiger partial charge in [-0.15, -0.1) is 0 Å². The zero-order valence-corrected chi connectivity index (χ0v) is 19.4. The summed E-state index contributed by atoms with van der Waals surface area (Å²) in [4.78, 5) is 0. The second-order valence-corrected chi connectivity index (χ2v) is 8.66. The van der Waals surface area contributed by atoms with Gasteiger partial charge in [0.1, 0.15) is 0 Å². The molecule has 0 aliphatic carbocycles. The van der Waals surface area contributed by atoms with Gasteiger partial charge in [-0.05, 0) is 57.6 Å². The maximum Gasteiger partial charge on any atom is 0.0535 e. The van der Waals surface area contributed by atoms with Gasteiger partial charge in [-0.3, -0.25) is 0 Å². The van der Waals surface area contributed by atoms with Crippen LogP contribution in [0.15, 0.2) is 152 Å². The fourth-order valence-electron chi connectivity index (χ4n) is 4.67. The highest BCUT2D eigenvalue weighted by Crippen LogP contribution is 2.34. The lowest BCUT2D eigenvalue weighted by Gasteiger charge is -2.15. The average molecular weight is 448 g/mol. The van der Waals surface area contributed by atoms with Crippen LogP contribution in [-0.4, -0.2) is 4.57 Å². The standard InChI is InChI=1S/C34H25N/c1-4-10-26(11-5-1)28-16-20-30(21-17-28)33-24-25-34(35(33)32-14-8-3-9-15-32)31-22-18-29(19-23-31)27-12-6-2-7-13-27/h1-25H. The molecule has 6 rings (SSSR count). The van der Waals surface area contributed by atoms with Gasteiger partial charge in [0, 0.05) is 5.69 Å². The summed E-state index contributed by atoms with van der Waals surface area (Å²) in [5, 5.41) is 0. The molecule has 0 atom stereocenters. The highest BCUT2D eigenvalue weighted by atomic mass is 15.0. The first kappa shape index (κ1) is 20.9. The van der Waals surface area contributed by atoms with Crippen LogP contribution in [0.1, 0.15) is 0 Å². The Morgan fingerprint density at radius 3 is 0.971 bits per heavy atom. The van der Waals surface area contributed by atoms with Crippen LogP contribution in [0.4, 0.5) is 0 Å². The van der Waals surface area contributed by atoms with Crippen LogP contribution in [0, 0.1) is 0 Å². The molecule has 0 radical (unpaired) electrons. The minimum absolute atomic E-state index is 1.15. The molecule has 0 spiro atoms. The van der Waals surface area contributed by atoms with Crippen molar-refractivity contribution in [1.29, 1.82) is 0 Å². The van der Waals surface area contributed by atoms with E-state index in [0.29, 0.717) is 0 Å². The van der Waals surface area contributed by atoms with Gasteiger partial charge in [-0.2, -0.15) is 0 Å². The fourth-order valence-corrected chi connectivity index (χ4v) is 4.67. The van der Waals surface area contributed by atoms with E-state index in [1.807, 2.05) is 0 Å². The Kier molecular flexibility index (Phi) is 5.58. The Bertz CT molecular complexity index is 1430. The van der Waals surface area contributed by atoms with Crippen LogP contribution in [0.2, 0.25) is 0 Å². The van der Waals surface area contributed by atoms with E-state index in [2.05, 4.69) is 156 Å². The SMILES string of the molecule is c1ccc(-c2ccc(-c3ccc(-c4ccc(-c5ccccc5)cc4)n3-c3ccccc3)cc2)cc1.